The Kier molecular flexibility index (Phi) is 4.34. The lowest BCUT2D eigenvalue weighted by atomic mass is 9.85. The Bertz CT molecular complexity index is 753. The molecule has 2 heterocycles. The van der Waals surface area contributed by atoms with Crippen molar-refractivity contribution >= 4 is 5.97 Å². The molecular weight excluding hydrogens is 316 g/mol. The summed E-state index contributed by atoms with van der Waals surface area (Å²) in [4.78, 5) is 13.8. The quantitative estimate of drug-likeness (QED) is 0.915. The highest BCUT2D eigenvalue weighted by atomic mass is 16.5. The van der Waals surface area contributed by atoms with Gasteiger partial charge in [0, 0.05) is 17.7 Å². The number of aliphatic carboxylic acids is 1. The number of hydrogen-bond donors (Lipinski definition) is 1. The molecule has 2 fully saturated rings. The largest absolute Gasteiger partial charge is 0.480 e. The Balaban J connectivity index is 1.54. The minimum atomic E-state index is -0.715. The molecule has 5 nitrogen and oxygen atoms in total. The summed E-state index contributed by atoms with van der Waals surface area (Å²) in [5.74, 6) is 0.537. The average Bonchev–Trinajstić information content (AvgIpc) is 3.21. The van der Waals surface area contributed by atoms with Crippen LogP contribution in [-0.2, 0) is 11.3 Å². The van der Waals surface area contributed by atoms with Gasteiger partial charge >= 0.3 is 5.97 Å². The highest BCUT2D eigenvalue weighted by molar-refractivity contribution is 5.74. The maximum Gasteiger partial charge on any atom is 0.320 e. The summed E-state index contributed by atoms with van der Waals surface area (Å²) >= 11 is 0. The van der Waals surface area contributed by atoms with Crippen molar-refractivity contribution in [2.75, 3.05) is 0 Å². The molecule has 4 rings (SSSR count). The number of aryl methyl sites for hydroxylation is 1. The van der Waals surface area contributed by atoms with Crippen molar-refractivity contribution in [1.82, 2.24) is 10.1 Å². The van der Waals surface area contributed by atoms with Crippen LogP contribution in [0.15, 0.2) is 34.9 Å². The van der Waals surface area contributed by atoms with Gasteiger partial charge in [0.25, 0.3) is 0 Å². The maximum atomic E-state index is 11.7. The Morgan fingerprint density at radius 1 is 1.28 bits per heavy atom. The molecule has 1 saturated carbocycles. The van der Waals surface area contributed by atoms with E-state index in [0.717, 1.165) is 36.3 Å². The van der Waals surface area contributed by atoms with Crippen LogP contribution in [0.25, 0.3) is 11.3 Å². The van der Waals surface area contributed by atoms with Gasteiger partial charge in [-0.1, -0.05) is 47.8 Å². The third kappa shape index (κ3) is 3.21. The first-order valence-electron chi connectivity index (χ1n) is 9.13. The second-order valence-electron chi connectivity index (χ2n) is 7.42. The van der Waals surface area contributed by atoms with Crippen molar-refractivity contribution in [3.63, 3.8) is 0 Å². The first kappa shape index (κ1) is 16.3. The summed E-state index contributed by atoms with van der Waals surface area (Å²) in [5.41, 5.74) is 3.03. The van der Waals surface area contributed by atoms with Crippen molar-refractivity contribution in [3.8, 4) is 11.3 Å². The SMILES string of the molecule is Cc1ccc(-c2cc(CN3[C@H](C(=O)O)C[C@H]4CCCC[C@@H]43)on2)cc1. The van der Waals surface area contributed by atoms with Gasteiger partial charge in [0.1, 0.15) is 11.7 Å². The van der Waals surface area contributed by atoms with Gasteiger partial charge < -0.3 is 9.63 Å². The highest BCUT2D eigenvalue weighted by Gasteiger charge is 2.45. The number of carboxylic acids is 1. The number of likely N-dealkylation sites (tertiary alicyclic amines) is 1. The first-order valence-corrected chi connectivity index (χ1v) is 9.13. The molecule has 0 amide bonds. The number of benzene rings is 1. The van der Waals surface area contributed by atoms with E-state index in [1.54, 1.807) is 0 Å². The van der Waals surface area contributed by atoms with Crippen molar-refractivity contribution in [1.29, 1.82) is 0 Å². The van der Waals surface area contributed by atoms with Gasteiger partial charge in [0.2, 0.25) is 0 Å². The van der Waals surface area contributed by atoms with E-state index >= 15 is 0 Å². The van der Waals surface area contributed by atoms with Crippen LogP contribution in [0.5, 0.6) is 0 Å². The molecule has 0 bridgehead atoms. The molecule has 1 aliphatic heterocycles. The lowest BCUT2D eigenvalue weighted by molar-refractivity contribution is -0.143. The fourth-order valence-electron chi connectivity index (χ4n) is 4.45. The van der Waals surface area contributed by atoms with E-state index in [-0.39, 0.29) is 0 Å². The number of aromatic nitrogens is 1. The minimum Gasteiger partial charge on any atom is -0.480 e. The number of carboxylic acid groups (broad SMARTS) is 1. The van der Waals surface area contributed by atoms with Crippen molar-refractivity contribution in [2.24, 2.45) is 5.92 Å². The number of carbonyl (C=O) groups is 1. The molecule has 0 unspecified atom stereocenters. The Morgan fingerprint density at radius 2 is 2.04 bits per heavy atom. The van der Waals surface area contributed by atoms with Gasteiger partial charge in [-0.05, 0) is 32.1 Å². The van der Waals surface area contributed by atoms with Crippen LogP contribution < -0.4 is 0 Å². The van der Waals surface area contributed by atoms with Crippen LogP contribution in [-0.4, -0.2) is 33.2 Å². The topological polar surface area (TPSA) is 66.6 Å². The predicted molar refractivity (Wildman–Crippen MR) is 94.0 cm³/mol. The van der Waals surface area contributed by atoms with Gasteiger partial charge in [-0.3, -0.25) is 9.69 Å². The number of nitrogens with zero attached hydrogens (tertiary/aromatic N) is 2. The second-order valence-corrected chi connectivity index (χ2v) is 7.42. The third-order valence-corrected chi connectivity index (χ3v) is 5.75. The maximum absolute atomic E-state index is 11.7. The smallest absolute Gasteiger partial charge is 0.320 e. The summed E-state index contributed by atoms with van der Waals surface area (Å²) < 4.78 is 5.53. The van der Waals surface area contributed by atoms with Crippen molar-refractivity contribution in [3.05, 3.63) is 41.7 Å². The van der Waals surface area contributed by atoms with Crippen LogP contribution in [0.1, 0.15) is 43.4 Å². The molecule has 132 valence electrons. The fraction of sp³-hybridized carbons (Fsp3) is 0.500. The average molecular weight is 340 g/mol. The van der Waals surface area contributed by atoms with Crippen LogP contribution in [0.4, 0.5) is 0 Å². The first-order chi connectivity index (χ1) is 12.1. The Hall–Kier alpha value is -2.14. The lowest BCUT2D eigenvalue weighted by Gasteiger charge is -2.32. The van der Waals surface area contributed by atoms with E-state index in [4.69, 9.17) is 4.52 Å². The molecular formula is C20H24N2O3. The fourth-order valence-corrected chi connectivity index (χ4v) is 4.45. The predicted octanol–water partition coefficient (Wildman–Crippen LogP) is 3.87. The molecule has 2 aromatic rings. The van der Waals surface area contributed by atoms with E-state index in [9.17, 15) is 9.90 Å². The van der Waals surface area contributed by atoms with Gasteiger partial charge in [0.15, 0.2) is 5.76 Å². The van der Waals surface area contributed by atoms with E-state index < -0.39 is 12.0 Å². The number of rotatable bonds is 4. The third-order valence-electron chi connectivity index (χ3n) is 5.75. The Labute approximate surface area is 147 Å². The summed E-state index contributed by atoms with van der Waals surface area (Å²) in [7, 11) is 0. The molecule has 5 heteroatoms. The minimum absolute atomic E-state index is 0.364. The normalized spacial score (nSPS) is 26.5. The van der Waals surface area contributed by atoms with Crippen molar-refractivity contribution in [2.45, 2.75) is 57.7 Å². The van der Waals surface area contributed by atoms with Crippen LogP contribution >= 0.6 is 0 Å². The molecule has 25 heavy (non-hydrogen) atoms. The van der Waals surface area contributed by atoms with E-state index in [1.165, 1.54) is 18.4 Å². The zero-order chi connectivity index (χ0) is 17.4. The van der Waals surface area contributed by atoms with Gasteiger partial charge in [-0.2, -0.15) is 0 Å². The molecule has 1 saturated heterocycles. The summed E-state index contributed by atoms with van der Waals surface area (Å²) in [6, 6.07) is 10.1. The van der Waals surface area contributed by atoms with Gasteiger partial charge in [-0.15, -0.1) is 0 Å². The summed E-state index contributed by atoms with van der Waals surface area (Å²) in [6.45, 7) is 2.58. The number of fused-ring (bicyclic) bond motifs is 1. The van der Waals surface area contributed by atoms with Crippen LogP contribution in [0.3, 0.4) is 0 Å². The van der Waals surface area contributed by atoms with Crippen molar-refractivity contribution < 1.29 is 14.4 Å². The van der Waals surface area contributed by atoms with Crippen LogP contribution in [0, 0.1) is 12.8 Å². The zero-order valence-electron chi connectivity index (χ0n) is 14.5. The molecule has 1 aliphatic carbocycles. The standard InChI is InChI=1S/C20H24N2O3/c1-13-6-8-14(9-7-13)17-11-16(25-21-17)12-22-18-5-3-2-4-15(18)10-19(22)20(23)24/h6-9,11,15,18-19H,2-5,10,12H2,1H3,(H,23,24)/t15-,18+,19+/m1/s1. The highest BCUT2D eigenvalue weighted by Crippen LogP contribution is 2.40. The molecule has 0 radical (unpaired) electrons. The number of hydrogen-bond acceptors (Lipinski definition) is 4. The van der Waals surface area contributed by atoms with Crippen LogP contribution in [0.2, 0.25) is 0 Å². The molecule has 2 aliphatic rings. The van der Waals surface area contributed by atoms with Gasteiger partial charge in [0.05, 0.1) is 6.54 Å². The second kappa shape index (κ2) is 6.64. The lowest BCUT2D eigenvalue weighted by Crippen LogP contribution is -2.41. The molecule has 0 spiro atoms. The molecule has 1 N–H and O–H groups in total. The zero-order valence-corrected chi connectivity index (χ0v) is 14.5. The summed E-state index contributed by atoms with van der Waals surface area (Å²) in [5, 5.41) is 13.8. The molecule has 3 atom stereocenters. The summed E-state index contributed by atoms with van der Waals surface area (Å²) in [6.07, 6.45) is 5.42. The van der Waals surface area contributed by atoms with E-state index in [1.807, 2.05) is 18.2 Å². The van der Waals surface area contributed by atoms with E-state index in [0.29, 0.717) is 18.5 Å². The monoisotopic (exact) mass is 340 g/mol. The van der Waals surface area contributed by atoms with Gasteiger partial charge in [-0.25, -0.2) is 0 Å². The molecule has 1 aromatic heterocycles. The van der Waals surface area contributed by atoms with E-state index in [2.05, 4.69) is 29.1 Å². The molecule has 1 aromatic carbocycles. The Morgan fingerprint density at radius 3 is 2.80 bits per heavy atom.